The van der Waals surface area contributed by atoms with Gasteiger partial charge in [-0.3, -0.25) is 4.79 Å². The quantitative estimate of drug-likeness (QED) is 0.753. The second-order valence-electron chi connectivity index (χ2n) is 5.85. The molecule has 24 heavy (non-hydrogen) atoms. The minimum absolute atomic E-state index is 0.123. The lowest BCUT2D eigenvalue weighted by Crippen LogP contribution is -2.51. The van der Waals surface area contributed by atoms with Gasteiger partial charge in [0.25, 0.3) is 0 Å². The molecule has 1 heterocycles. The van der Waals surface area contributed by atoms with Crippen LogP contribution in [0.15, 0.2) is 66.9 Å². The van der Waals surface area contributed by atoms with Gasteiger partial charge in [-0.05, 0) is 42.4 Å². The predicted octanol–water partition coefficient (Wildman–Crippen LogP) is 3.28. The number of hydrogen-bond acceptors (Lipinski definition) is 2. The van der Waals surface area contributed by atoms with Crippen molar-refractivity contribution in [2.75, 3.05) is 5.32 Å². The molecule has 3 rings (SSSR count). The highest BCUT2D eigenvalue weighted by Gasteiger charge is 2.36. The van der Waals surface area contributed by atoms with Crippen LogP contribution in [0.2, 0.25) is 0 Å². The van der Waals surface area contributed by atoms with Gasteiger partial charge in [0.1, 0.15) is 5.92 Å². The summed E-state index contributed by atoms with van der Waals surface area (Å²) in [5.74, 6) is -0.596. The summed E-state index contributed by atoms with van der Waals surface area (Å²) in [6.45, 7) is 5.99. The summed E-state index contributed by atoms with van der Waals surface area (Å²) < 4.78 is 0. The number of nitrogens with one attached hydrogen (secondary N) is 3. The number of carbonyl (C=O) groups excluding carboxylic acids is 1. The van der Waals surface area contributed by atoms with E-state index >= 15 is 0 Å². The molecule has 0 aliphatic carbocycles. The topological polar surface area (TPSA) is 53.2 Å². The summed E-state index contributed by atoms with van der Waals surface area (Å²) in [4.78, 5) is 12.9. The molecule has 5 heteroatoms. The SMILES string of the molecule is C=C1NC(=S)NC(c2ccccc2)C1C(=O)Nc1cccc(C)c1. The van der Waals surface area contributed by atoms with Crippen molar-refractivity contribution in [2.24, 2.45) is 5.92 Å². The van der Waals surface area contributed by atoms with E-state index < -0.39 is 5.92 Å². The molecule has 0 aromatic heterocycles. The lowest BCUT2D eigenvalue weighted by molar-refractivity contribution is -0.119. The van der Waals surface area contributed by atoms with Gasteiger partial charge in [-0.1, -0.05) is 49.0 Å². The number of anilines is 1. The zero-order valence-corrected chi connectivity index (χ0v) is 14.2. The van der Waals surface area contributed by atoms with Crippen LogP contribution in [0.1, 0.15) is 17.2 Å². The van der Waals surface area contributed by atoms with Crippen LogP contribution >= 0.6 is 12.2 Å². The molecule has 1 fully saturated rings. The Morgan fingerprint density at radius 2 is 1.92 bits per heavy atom. The lowest BCUT2D eigenvalue weighted by atomic mass is 9.88. The number of hydrogen-bond donors (Lipinski definition) is 3. The standard InChI is InChI=1S/C19H19N3OS/c1-12-7-6-10-15(11-12)21-18(23)16-13(2)20-19(24)22-17(16)14-8-4-3-5-9-14/h3-11,16-17H,2H2,1H3,(H,21,23)(H2,20,22,24). The Hall–Kier alpha value is -2.66. The van der Waals surface area contributed by atoms with Gasteiger partial charge >= 0.3 is 0 Å². The molecule has 2 aromatic rings. The van der Waals surface area contributed by atoms with Crippen molar-refractivity contribution in [2.45, 2.75) is 13.0 Å². The van der Waals surface area contributed by atoms with Crippen molar-refractivity contribution in [1.82, 2.24) is 10.6 Å². The van der Waals surface area contributed by atoms with Gasteiger partial charge in [0.05, 0.1) is 6.04 Å². The van der Waals surface area contributed by atoms with Gasteiger partial charge in [-0.15, -0.1) is 0 Å². The van der Waals surface area contributed by atoms with E-state index in [2.05, 4.69) is 22.5 Å². The maximum Gasteiger partial charge on any atom is 0.235 e. The fourth-order valence-corrected chi connectivity index (χ4v) is 3.13. The molecule has 122 valence electrons. The monoisotopic (exact) mass is 337 g/mol. The van der Waals surface area contributed by atoms with Crippen molar-refractivity contribution in [1.29, 1.82) is 0 Å². The molecule has 1 amide bonds. The third kappa shape index (κ3) is 3.46. The smallest absolute Gasteiger partial charge is 0.235 e. The van der Waals surface area contributed by atoms with Crippen molar-refractivity contribution < 1.29 is 4.79 Å². The number of benzene rings is 2. The number of rotatable bonds is 3. The number of carbonyl (C=O) groups is 1. The molecule has 1 aliphatic rings. The molecule has 0 spiro atoms. The van der Waals surface area contributed by atoms with Gasteiger partial charge in [-0.25, -0.2) is 0 Å². The van der Waals surface area contributed by atoms with Crippen LogP contribution in [0, 0.1) is 12.8 Å². The maximum atomic E-state index is 12.9. The highest BCUT2D eigenvalue weighted by Crippen LogP contribution is 2.30. The molecule has 1 aliphatic heterocycles. The van der Waals surface area contributed by atoms with Gasteiger partial charge in [-0.2, -0.15) is 0 Å². The average molecular weight is 337 g/mol. The Balaban J connectivity index is 1.88. The van der Waals surface area contributed by atoms with Crippen LogP contribution in [0.5, 0.6) is 0 Å². The first kappa shape index (κ1) is 16.2. The predicted molar refractivity (Wildman–Crippen MR) is 100 cm³/mol. The van der Waals surface area contributed by atoms with Crippen LogP contribution in [0.25, 0.3) is 0 Å². The van der Waals surface area contributed by atoms with Crippen molar-refractivity contribution in [3.05, 3.63) is 78.0 Å². The normalized spacial score (nSPS) is 20.0. The van der Waals surface area contributed by atoms with E-state index in [0.29, 0.717) is 10.8 Å². The average Bonchev–Trinajstić information content (AvgIpc) is 2.54. The van der Waals surface area contributed by atoms with Crippen molar-refractivity contribution >= 4 is 28.9 Å². The molecule has 2 aromatic carbocycles. The summed E-state index contributed by atoms with van der Waals surface area (Å²) >= 11 is 5.23. The number of amides is 1. The highest BCUT2D eigenvalue weighted by atomic mass is 32.1. The first-order valence-electron chi connectivity index (χ1n) is 7.73. The minimum Gasteiger partial charge on any atom is -0.354 e. The van der Waals surface area contributed by atoms with Crippen LogP contribution < -0.4 is 16.0 Å². The van der Waals surface area contributed by atoms with Crippen LogP contribution in [-0.4, -0.2) is 11.0 Å². The molecule has 2 atom stereocenters. The first-order valence-corrected chi connectivity index (χ1v) is 8.14. The third-order valence-electron chi connectivity index (χ3n) is 4.00. The van der Waals surface area contributed by atoms with Crippen LogP contribution in [0.4, 0.5) is 5.69 Å². The molecular weight excluding hydrogens is 318 g/mol. The van der Waals surface area contributed by atoms with E-state index in [9.17, 15) is 4.79 Å². The fraction of sp³-hybridized carbons (Fsp3) is 0.158. The molecule has 3 N–H and O–H groups in total. The number of thiocarbonyl (C=S) groups is 1. The van der Waals surface area contributed by atoms with Crippen LogP contribution in [0.3, 0.4) is 0 Å². The fourth-order valence-electron chi connectivity index (χ4n) is 2.87. The Kier molecular flexibility index (Phi) is 4.62. The molecule has 2 unspecified atom stereocenters. The summed E-state index contributed by atoms with van der Waals surface area (Å²) in [6, 6.07) is 17.3. The largest absolute Gasteiger partial charge is 0.354 e. The van der Waals surface area contributed by atoms with E-state index in [1.807, 2.05) is 61.5 Å². The number of aryl methyl sites for hydroxylation is 1. The van der Waals surface area contributed by atoms with E-state index in [0.717, 1.165) is 16.8 Å². The molecule has 1 saturated heterocycles. The highest BCUT2D eigenvalue weighted by molar-refractivity contribution is 7.80. The summed E-state index contributed by atoms with van der Waals surface area (Å²) in [5, 5.41) is 9.62. The zero-order valence-electron chi connectivity index (χ0n) is 13.4. The zero-order chi connectivity index (χ0) is 17.1. The van der Waals surface area contributed by atoms with E-state index in [1.165, 1.54) is 0 Å². The second-order valence-corrected chi connectivity index (χ2v) is 6.26. The minimum atomic E-state index is -0.473. The van der Waals surface area contributed by atoms with Gasteiger partial charge in [0, 0.05) is 11.4 Å². The molecular formula is C19H19N3OS. The van der Waals surface area contributed by atoms with Gasteiger partial charge < -0.3 is 16.0 Å². The maximum absolute atomic E-state index is 12.9. The van der Waals surface area contributed by atoms with E-state index in [1.54, 1.807) is 0 Å². The first-order chi connectivity index (χ1) is 11.5. The van der Waals surface area contributed by atoms with Crippen molar-refractivity contribution in [3.63, 3.8) is 0 Å². The molecule has 0 bridgehead atoms. The Labute approximate surface area is 147 Å². The summed E-state index contributed by atoms with van der Waals surface area (Å²) in [5.41, 5.74) is 3.45. The Bertz CT molecular complexity index is 788. The van der Waals surface area contributed by atoms with Crippen LogP contribution in [-0.2, 0) is 4.79 Å². The Morgan fingerprint density at radius 3 is 2.62 bits per heavy atom. The van der Waals surface area contributed by atoms with E-state index in [4.69, 9.17) is 12.2 Å². The summed E-state index contributed by atoms with van der Waals surface area (Å²) in [7, 11) is 0. The molecule has 4 nitrogen and oxygen atoms in total. The van der Waals surface area contributed by atoms with Crippen molar-refractivity contribution in [3.8, 4) is 0 Å². The summed E-state index contributed by atoms with van der Waals surface area (Å²) in [6.07, 6.45) is 0. The second kappa shape index (κ2) is 6.84. The lowest BCUT2D eigenvalue weighted by Gasteiger charge is -2.35. The third-order valence-corrected chi connectivity index (χ3v) is 4.22. The molecule has 0 radical (unpaired) electrons. The van der Waals surface area contributed by atoms with Gasteiger partial charge in [0.15, 0.2) is 5.11 Å². The Morgan fingerprint density at radius 1 is 1.17 bits per heavy atom. The van der Waals surface area contributed by atoms with E-state index in [-0.39, 0.29) is 11.9 Å². The molecule has 0 saturated carbocycles. The van der Waals surface area contributed by atoms with Gasteiger partial charge in [0.2, 0.25) is 5.91 Å².